The fourth-order valence-corrected chi connectivity index (χ4v) is 2.50. The zero-order chi connectivity index (χ0) is 16.9. The van der Waals surface area contributed by atoms with E-state index >= 15 is 0 Å². The zero-order valence-electron chi connectivity index (χ0n) is 13.9. The summed E-state index contributed by atoms with van der Waals surface area (Å²) >= 11 is 0. The summed E-state index contributed by atoms with van der Waals surface area (Å²) < 4.78 is 5.24. The number of para-hydroxylation sites is 2. The van der Waals surface area contributed by atoms with Crippen molar-refractivity contribution in [2.75, 3.05) is 6.54 Å². The Morgan fingerprint density at radius 2 is 2.00 bits per heavy atom. The van der Waals surface area contributed by atoms with E-state index in [1.807, 2.05) is 49.4 Å². The molecule has 0 fully saturated rings. The Hall–Kier alpha value is -2.82. The second-order valence-electron chi connectivity index (χ2n) is 5.87. The van der Waals surface area contributed by atoms with Gasteiger partial charge in [0.25, 0.3) is 0 Å². The number of imidazole rings is 1. The Kier molecular flexibility index (Phi) is 4.79. The van der Waals surface area contributed by atoms with Gasteiger partial charge >= 0.3 is 6.09 Å². The van der Waals surface area contributed by atoms with Crippen LogP contribution in [0.4, 0.5) is 4.79 Å². The molecule has 1 aromatic heterocycles. The van der Waals surface area contributed by atoms with Gasteiger partial charge in [-0.3, -0.25) is 0 Å². The first-order chi connectivity index (χ1) is 11.6. The summed E-state index contributed by atoms with van der Waals surface area (Å²) in [5.41, 5.74) is 5.36. The molecule has 1 heterocycles. The highest BCUT2D eigenvalue weighted by atomic mass is 16.5. The van der Waals surface area contributed by atoms with Crippen LogP contribution in [0, 0.1) is 13.8 Å². The highest BCUT2D eigenvalue weighted by Crippen LogP contribution is 2.11. The molecule has 0 unspecified atom stereocenters. The molecule has 0 aliphatic heterocycles. The third kappa shape index (κ3) is 3.93. The molecule has 124 valence electrons. The first-order valence-electron chi connectivity index (χ1n) is 8.02. The van der Waals surface area contributed by atoms with Crippen molar-refractivity contribution in [1.29, 1.82) is 0 Å². The first kappa shape index (κ1) is 16.1. The minimum Gasteiger partial charge on any atom is -0.445 e. The molecule has 0 saturated carbocycles. The van der Waals surface area contributed by atoms with E-state index in [0.29, 0.717) is 13.0 Å². The summed E-state index contributed by atoms with van der Waals surface area (Å²) in [7, 11) is 0. The number of benzene rings is 2. The number of aryl methyl sites for hydroxylation is 2. The Morgan fingerprint density at radius 1 is 1.17 bits per heavy atom. The second kappa shape index (κ2) is 7.17. The Bertz CT molecular complexity index is 822. The SMILES string of the molecule is Cc1ccc(COC(=O)NCCc2nc3ccccc3[nH]2)cc1C. The molecule has 1 amide bonds. The third-order valence-corrected chi connectivity index (χ3v) is 4.01. The summed E-state index contributed by atoms with van der Waals surface area (Å²) in [4.78, 5) is 19.5. The van der Waals surface area contributed by atoms with Crippen molar-refractivity contribution in [2.45, 2.75) is 26.9 Å². The van der Waals surface area contributed by atoms with Crippen LogP contribution in [0.3, 0.4) is 0 Å². The molecule has 2 N–H and O–H groups in total. The number of carbonyl (C=O) groups excluding carboxylic acids is 1. The number of nitrogens with zero attached hydrogens (tertiary/aromatic N) is 1. The van der Waals surface area contributed by atoms with Gasteiger partial charge in [-0.15, -0.1) is 0 Å². The monoisotopic (exact) mass is 323 g/mol. The number of ether oxygens (including phenoxy) is 1. The van der Waals surface area contributed by atoms with Crippen LogP contribution >= 0.6 is 0 Å². The van der Waals surface area contributed by atoms with E-state index in [9.17, 15) is 4.79 Å². The summed E-state index contributed by atoms with van der Waals surface area (Å²) in [6.07, 6.45) is 0.220. The number of nitrogens with one attached hydrogen (secondary N) is 2. The maximum Gasteiger partial charge on any atom is 0.407 e. The largest absolute Gasteiger partial charge is 0.445 e. The van der Waals surface area contributed by atoms with Crippen molar-refractivity contribution in [3.05, 3.63) is 65.0 Å². The third-order valence-electron chi connectivity index (χ3n) is 4.01. The molecule has 5 nitrogen and oxygen atoms in total. The maximum absolute atomic E-state index is 11.8. The molecule has 0 aliphatic carbocycles. The lowest BCUT2D eigenvalue weighted by Gasteiger charge is -2.08. The van der Waals surface area contributed by atoms with Crippen LogP contribution in [-0.2, 0) is 17.8 Å². The molecule has 0 bridgehead atoms. The smallest absolute Gasteiger partial charge is 0.407 e. The molecular weight excluding hydrogens is 302 g/mol. The molecule has 0 saturated heterocycles. The minimum atomic E-state index is -0.413. The molecule has 0 atom stereocenters. The fraction of sp³-hybridized carbons (Fsp3) is 0.263. The molecule has 24 heavy (non-hydrogen) atoms. The van der Waals surface area contributed by atoms with E-state index in [-0.39, 0.29) is 6.61 Å². The number of fused-ring (bicyclic) bond motifs is 1. The van der Waals surface area contributed by atoms with Crippen LogP contribution in [0.1, 0.15) is 22.5 Å². The van der Waals surface area contributed by atoms with Crippen LogP contribution in [0.5, 0.6) is 0 Å². The Balaban J connectivity index is 1.44. The normalized spacial score (nSPS) is 10.8. The summed E-state index contributed by atoms with van der Waals surface area (Å²) in [5, 5.41) is 2.75. The van der Waals surface area contributed by atoms with Gasteiger partial charge in [0, 0.05) is 13.0 Å². The Morgan fingerprint density at radius 3 is 2.79 bits per heavy atom. The second-order valence-corrected chi connectivity index (χ2v) is 5.87. The van der Waals surface area contributed by atoms with Crippen molar-refractivity contribution in [3.63, 3.8) is 0 Å². The van der Waals surface area contributed by atoms with E-state index in [1.165, 1.54) is 11.1 Å². The zero-order valence-corrected chi connectivity index (χ0v) is 13.9. The van der Waals surface area contributed by atoms with Crippen LogP contribution in [0.2, 0.25) is 0 Å². The maximum atomic E-state index is 11.8. The topological polar surface area (TPSA) is 67.0 Å². The molecule has 0 radical (unpaired) electrons. The lowest BCUT2D eigenvalue weighted by atomic mass is 10.1. The number of hydrogen-bond donors (Lipinski definition) is 2. The lowest BCUT2D eigenvalue weighted by molar-refractivity contribution is 0.139. The fourth-order valence-electron chi connectivity index (χ4n) is 2.50. The van der Waals surface area contributed by atoms with Gasteiger partial charge < -0.3 is 15.0 Å². The predicted octanol–water partition coefficient (Wildman–Crippen LogP) is 3.65. The molecular formula is C19H21N3O2. The van der Waals surface area contributed by atoms with Crippen molar-refractivity contribution in [2.24, 2.45) is 0 Å². The highest BCUT2D eigenvalue weighted by Gasteiger charge is 2.05. The predicted molar refractivity (Wildman–Crippen MR) is 93.9 cm³/mol. The number of aromatic nitrogens is 2. The van der Waals surface area contributed by atoms with Gasteiger partial charge in [0.15, 0.2) is 0 Å². The summed E-state index contributed by atoms with van der Waals surface area (Å²) in [6, 6.07) is 13.9. The van der Waals surface area contributed by atoms with Gasteiger partial charge in [-0.1, -0.05) is 30.3 Å². The van der Waals surface area contributed by atoms with E-state index in [1.54, 1.807) is 0 Å². The Labute approximate surface area is 141 Å². The van der Waals surface area contributed by atoms with Crippen molar-refractivity contribution >= 4 is 17.1 Å². The number of rotatable bonds is 5. The number of carbonyl (C=O) groups is 1. The lowest BCUT2D eigenvalue weighted by Crippen LogP contribution is -2.26. The van der Waals surface area contributed by atoms with E-state index in [4.69, 9.17) is 4.74 Å². The van der Waals surface area contributed by atoms with E-state index in [0.717, 1.165) is 22.4 Å². The van der Waals surface area contributed by atoms with Crippen LogP contribution in [0.25, 0.3) is 11.0 Å². The molecule has 0 spiro atoms. The summed E-state index contributed by atoms with van der Waals surface area (Å²) in [6.45, 7) is 4.86. The van der Waals surface area contributed by atoms with Crippen LogP contribution in [0.15, 0.2) is 42.5 Å². The molecule has 0 aliphatic rings. The van der Waals surface area contributed by atoms with E-state index in [2.05, 4.69) is 22.2 Å². The average Bonchev–Trinajstić information content (AvgIpc) is 2.98. The van der Waals surface area contributed by atoms with Gasteiger partial charge in [0.1, 0.15) is 12.4 Å². The van der Waals surface area contributed by atoms with Crippen LogP contribution < -0.4 is 5.32 Å². The average molecular weight is 323 g/mol. The number of aromatic amines is 1. The molecule has 5 heteroatoms. The highest BCUT2D eigenvalue weighted by molar-refractivity contribution is 5.74. The van der Waals surface area contributed by atoms with Gasteiger partial charge in [0.2, 0.25) is 0 Å². The summed E-state index contributed by atoms with van der Waals surface area (Å²) in [5.74, 6) is 0.852. The van der Waals surface area contributed by atoms with E-state index < -0.39 is 6.09 Å². The molecule has 3 rings (SSSR count). The van der Waals surface area contributed by atoms with Gasteiger partial charge in [-0.25, -0.2) is 9.78 Å². The van der Waals surface area contributed by atoms with Crippen molar-refractivity contribution < 1.29 is 9.53 Å². The quantitative estimate of drug-likeness (QED) is 0.753. The molecule has 3 aromatic rings. The van der Waals surface area contributed by atoms with Gasteiger partial charge in [-0.2, -0.15) is 0 Å². The minimum absolute atomic E-state index is 0.275. The number of amides is 1. The number of alkyl carbamates (subject to hydrolysis) is 1. The number of hydrogen-bond acceptors (Lipinski definition) is 3. The van der Waals surface area contributed by atoms with Crippen molar-refractivity contribution in [1.82, 2.24) is 15.3 Å². The van der Waals surface area contributed by atoms with Crippen LogP contribution in [-0.4, -0.2) is 22.6 Å². The molecule has 2 aromatic carbocycles. The van der Waals surface area contributed by atoms with Gasteiger partial charge in [0.05, 0.1) is 11.0 Å². The standard InChI is InChI=1S/C19H21N3O2/c1-13-7-8-15(11-14(13)2)12-24-19(23)20-10-9-18-21-16-5-3-4-6-17(16)22-18/h3-8,11H,9-10,12H2,1-2H3,(H,20,23)(H,21,22). The van der Waals surface area contributed by atoms with Crippen molar-refractivity contribution in [3.8, 4) is 0 Å². The van der Waals surface area contributed by atoms with Gasteiger partial charge in [-0.05, 0) is 42.7 Å². The first-order valence-corrected chi connectivity index (χ1v) is 8.02. The number of H-pyrrole nitrogens is 1.